The van der Waals surface area contributed by atoms with Crippen LogP contribution in [0.4, 0.5) is 4.39 Å². The topological polar surface area (TPSA) is 81.7 Å². The van der Waals surface area contributed by atoms with Crippen LogP contribution in [0.25, 0.3) is 0 Å². The molecule has 0 spiro atoms. The monoisotopic (exact) mass is 475 g/mol. The molecular weight excluding hydrogens is 445 g/mol. The van der Waals surface area contributed by atoms with Gasteiger partial charge in [0.2, 0.25) is 11.8 Å². The summed E-state index contributed by atoms with van der Waals surface area (Å²) in [5.74, 6) is -1.64. The van der Waals surface area contributed by atoms with Crippen LogP contribution in [0.15, 0.2) is 84.9 Å². The first-order chi connectivity index (χ1) is 16.9. The molecule has 35 heavy (non-hydrogen) atoms. The molecule has 1 saturated heterocycles. The lowest BCUT2D eigenvalue weighted by Gasteiger charge is -2.29. The molecule has 1 heterocycles. The third-order valence-corrected chi connectivity index (χ3v) is 6.67. The van der Waals surface area contributed by atoms with E-state index in [0.717, 1.165) is 11.1 Å². The Labute approximate surface area is 204 Å². The number of aliphatic hydroxyl groups excluding tert-OH is 1. The summed E-state index contributed by atoms with van der Waals surface area (Å²) in [4.78, 5) is 28.4. The number of likely N-dealkylation sites (tertiary alicyclic amines) is 1. The summed E-state index contributed by atoms with van der Waals surface area (Å²) in [5.41, 5.74) is 2.44. The fourth-order valence-corrected chi connectivity index (χ4v) is 4.62. The summed E-state index contributed by atoms with van der Waals surface area (Å²) in [7, 11) is 1.67. The Balaban J connectivity index is 1.67. The van der Waals surface area contributed by atoms with Crippen molar-refractivity contribution in [2.75, 3.05) is 13.6 Å². The molecule has 7 heteroatoms. The van der Waals surface area contributed by atoms with Crippen molar-refractivity contribution in [3.63, 3.8) is 0 Å². The maximum Gasteiger partial charge on any atom is 0.246 e. The molecule has 0 saturated carbocycles. The van der Waals surface area contributed by atoms with Crippen LogP contribution in [0.3, 0.4) is 0 Å². The SMILES string of the molecule is CN[C@@H](C)C(=O)N1C[C@H](c2ccc(F)cc2)[C@@H](O)[C@H]1C(=O)NC(c1ccccc1)c1ccccc1. The molecule has 0 bridgehead atoms. The first kappa shape index (κ1) is 24.6. The van der Waals surface area contributed by atoms with E-state index in [1.54, 1.807) is 26.1 Å². The summed E-state index contributed by atoms with van der Waals surface area (Å²) in [6.07, 6.45) is -1.15. The molecular formula is C28H30FN3O3. The van der Waals surface area contributed by atoms with Crippen molar-refractivity contribution in [3.05, 3.63) is 107 Å². The van der Waals surface area contributed by atoms with Crippen molar-refractivity contribution < 1.29 is 19.1 Å². The molecule has 1 aliphatic heterocycles. The smallest absolute Gasteiger partial charge is 0.246 e. The fraction of sp³-hybridized carbons (Fsp3) is 0.286. The normalized spacial score (nSPS) is 20.6. The molecule has 182 valence electrons. The van der Waals surface area contributed by atoms with E-state index in [9.17, 15) is 19.1 Å². The number of rotatable bonds is 7. The largest absolute Gasteiger partial charge is 0.390 e. The first-order valence-corrected chi connectivity index (χ1v) is 11.7. The molecule has 3 N–H and O–H groups in total. The van der Waals surface area contributed by atoms with Gasteiger partial charge in [-0.3, -0.25) is 9.59 Å². The van der Waals surface area contributed by atoms with Crippen LogP contribution in [0.2, 0.25) is 0 Å². The van der Waals surface area contributed by atoms with Gasteiger partial charge in [-0.1, -0.05) is 72.8 Å². The van der Waals surface area contributed by atoms with Gasteiger partial charge in [-0.25, -0.2) is 4.39 Å². The third-order valence-electron chi connectivity index (χ3n) is 6.67. The number of hydrogen-bond acceptors (Lipinski definition) is 4. The Bertz CT molecular complexity index is 1100. The van der Waals surface area contributed by atoms with Crippen LogP contribution in [0, 0.1) is 5.82 Å². The molecule has 3 aromatic carbocycles. The Morgan fingerprint density at radius 2 is 1.49 bits per heavy atom. The standard InChI is InChI=1S/C28H30FN3O3/c1-18(30-2)28(35)32-17-23(19-13-15-22(29)16-14-19)26(33)25(32)27(34)31-24(20-9-5-3-6-10-20)21-11-7-4-8-12-21/h3-16,18,23-26,30,33H,17H2,1-2H3,(H,31,34)/t18-,23+,25-,26+/m0/s1. The van der Waals surface area contributed by atoms with E-state index in [0.29, 0.717) is 5.56 Å². The first-order valence-electron chi connectivity index (χ1n) is 11.7. The quantitative estimate of drug-likeness (QED) is 0.491. The van der Waals surface area contributed by atoms with E-state index >= 15 is 0 Å². The number of nitrogens with one attached hydrogen (secondary N) is 2. The molecule has 4 atom stereocenters. The Morgan fingerprint density at radius 1 is 0.943 bits per heavy atom. The lowest BCUT2D eigenvalue weighted by molar-refractivity contribution is -0.141. The van der Waals surface area contributed by atoms with E-state index in [4.69, 9.17) is 0 Å². The summed E-state index contributed by atoms with van der Waals surface area (Å²) in [6.45, 7) is 1.86. The highest BCUT2D eigenvalue weighted by Gasteiger charge is 2.48. The van der Waals surface area contributed by atoms with Crippen molar-refractivity contribution in [3.8, 4) is 0 Å². The van der Waals surface area contributed by atoms with Crippen molar-refractivity contribution in [1.29, 1.82) is 0 Å². The summed E-state index contributed by atoms with van der Waals surface area (Å²) >= 11 is 0. The van der Waals surface area contributed by atoms with Crippen molar-refractivity contribution in [2.24, 2.45) is 0 Å². The zero-order chi connectivity index (χ0) is 24.9. The average Bonchev–Trinajstić information content (AvgIpc) is 3.24. The molecule has 2 amide bonds. The minimum absolute atomic E-state index is 0.150. The van der Waals surface area contributed by atoms with Crippen molar-refractivity contribution >= 4 is 11.8 Å². The van der Waals surface area contributed by atoms with Crippen LogP contribution < -0.4 is 10.6 Å². The summed E-state index contributed by atoms with van der Waals surface area (Å²) in [5, 5.41) is 17.3. The molecule has 1 aliphatic rings. The molecule has 3 aromatic rings. The number of amides is 2. The zero-order valence-corrected chi connectivity index (χ0v) is 19.8. The van der Waals surface area contributed by atoms with Gasteiger partial charge in [0.1, 0.15) is 11.9 Å². The predicted octanol–water partition coefficient (Wildman–Crippen LogP) is 2.99. The zero-order valence-electron chi connectivity index (χ0n) is 19.8. The summed E-state index contributed by atoms with van der Waals surface area (Å²) < 4.78 is 13.5. The predicted molar refractivity (Wildman–Crippen MR) is 132 cm³/mol. The number of aliphatic hydroxyl groups is 1. The highest BCUT2D eigenvalue weighted by molar-refractivity contribution is 5.91. The molecule has 1 fully saturated rings. The fourth-order valence-electron chi connectivity index (χ4n) is 4.62. The van der Waals surface area contributed by atoms with E-state index in [2.05, 4.69) is 10.6 Å². The Kier molecular flexibility index (Phi) is 7.58. The lowest BCUT2D eigenvalue weighted by atomic mass is 9.92. The molecule has 0 aliphatic carbocycles. The number of hydrogen-bond donors (Lipinski definition) is 3. The van der Waals surface area contributed by atoms with E-state index in [1.165, 1.54) is 17.0 Å². The van der Waals surface area contributed by atoms with E-state index < -0.39 is 36.1 Å². The second kappa shape index (κ2) is 10.8. The Hall–Kier alpha value is -3.55. The summed E-state index contributed by atoms with van der Waals surface area (Å²) in [6, 6.07) is 22.8. The second-order valence-corrected chi connectivity index (χ2v) is 8.86. The van der Waals surface area contributed by atoms with Gasteiger partial charge in [0.15, 0.2) is 0 Å². The van der Waals surface area contributed by atoms with Crippen LogP contribution in [0.1, 0.15) is 35.6 Å². The number of halogens is 1. The average molecular weight is 476 g/mol. The molecule has 0 radical (unpaired) electrons. The number of likely N-dealkylation sites (N-methyl/N-ethyl adjacent to an activating group) is 1. The lowest BCUT2D eigenvalue weighted by Crippen LogP contribution is -2.54. The van der Waals surface area contributed by atoms with Gasteiger partial charge in [0, 0.05) is 12.5 Å². The van der Waals surface area contributed by atoms with Gasteiger partial charge in [-0.2, -0.15) is 0 Å². The van der Waals surface area contributed by atoms with Gasteiger partial charge >= 0.3 is 0 Å². The van der Waals surface area contributed by atoms with E-state index in [1.807, 2.05) is 60.7 Å². The third kappa shape index (κ3) is 5.26. The van der Waals surface area contributed by atoms with Gasteiger partial charge in [0.05, 0.1) is 18.2 Å². The minimum atomic E-state index is -1.15. The number of benzene rings is 3. The molecule has 4 rings (SSSR count). The number of carbonyl (C=O) groups is 2. The molecule has 6 nitrogen and oxygen atoms in total. The maximum atomic E-state index is 13.7. The minimum Gasteiger partial charge on any atom is -0.390 e. The van der Waals surface area contributed by atoms with Crippen LogP contribution in [0.5, 0.6) is 0 Å². The highest BCUT2D eigenvalue weighted by Crippen LogP contribution is 2.34. The molecule has 0 unspecified atom stereocenters. The number of carbonyl (C=O) groups excluding carboxylic acids is 2. The number of nitrogens with zero attached hydrogens (tertiary/aromatic N) is 1. The van der Waals surface area contributed by atoms with Gasteiger partial charge < -0.3 is 20.6 Å². The van der Waals surface area contributed by atoms with Crippen LogP contribution in [-0.2, 0) is 9.59 Å². The van der Waals surface area contributed by atoms with E-state index in [-0.39, 0.29) is 18.3 Å². The highest BCUT2D eigenvalue weighted by atomic mass is 19.1. The van der Waals surface area contributed by atoms with Gasteiger partial charge in [-0.05, 0) is 42.8 Å². The second-order valence-electron chi connectivity index (χ2n) is 8.86. The van der Waals surface area contributed by atoms with Crippen LogP contribution in [-0.4, -0.2) is 53.6 Å². The van der Waals surface area contributed by atoms with Crippen LogP contribution >= 0.6 is 0 Å². The maximum absolute atomic E-state index is 13.7. The van der Waals surface area contributed by atoms with Crippen molar-refractivity contribution in [2.45, 2.75) is 37.1 Å². The van der Waals surface area contributed by atoms with Crippen molar-refractivity contribution in [1.82, 2.24) is 15.5 Å². The van der Waals surface area contributed by atoms with Gasteiger partial charge in [0.25, 0.3) is 0 Å². The van der Waals surface area contributed by atoms with Gasteiger partial charge in [-0.15, -0.1) is 0 Å². The molecule has 0 aromatic heterocycles. The Morgan fingerprint density at radius 3 is 2.00 bits per heavy atom.